The average Bonchev–Trinajstić information content (AvgIpc) is 2.73. The van der Waals surface area contributed by atoms with Crippen molar-refractivity contribution in [3.05, 3.63) is 54.1 Å². The molecule has 1 heterocycles. The zero-order chi connectivity index (χ0) is 11.0. The lowest BCUT2D eigenvalue weighted by molar-refractivity contribution is 0.475. The fourth-order valence-electron chi connectivity index (χ4n) is 2.24. The first-order chi connectivity index (χ1) is 7.84. The van der Waals surface area contributed by atoms with Crippen molar-refractivity contribution in [2.45, 2.75) is 6.42 Å². The van der Waals surface area contributed by atoms with Crippen LogP contribution in [0.5, 0.6) is 5.75 Å². The van der Waals surface area contributed by atoms with Crippen molar-refractivity contribution < 1.29 is 5.11 Å². The lowest BCUT2D eigenvalue weighted by Crippen LogP contribution is -2.12. The van der Waals surface area contributed by atoms with Gasteiger partial charge in [-0.1, -0.05) is 24.3 Å². The van der Waals surface area contributed by atoms with Crippen LogP contribution in [0, 0.1) is 0 Å². The molecule has 2 heteroatoms. The molecule has 0 spiro atoms. The van der Waals surface area contributed by atoms with E-state index in [0.717, 1.165) is 18.7 Å². The quantitative estimate of drug-likeness (QED) is 0.783. The van der Waals surface area contributed by atoms with Gasteiger partial charge in [-0.3, -0.25) is 0 Å². The Kier molecular flexibility index (Phi) is 2.07. The number of benzene rings is 2. The summed E-state index contributed by atoms with van der Waals surface area (Å²) in [5.41, 5.74) is 3.62. The standard InChI is InChI=1S/C14H13NO/c16-13-7-6-11-8-9-15(14(11)10-13)12-4-2-1-3-5-12/h1-7,10,16H,8-9H2. The molecule has 0 aromatic heterocycles. The summed E-state index contributed by atoms with van der Waals surface area (Å²) in [6, 6.07) is 15.9. The minimum absolute atomic E-state index is 0.335. The first-order valence-electron chi connectivity index (χ1n) is 5.49. The van der Waals surface area contributed by atoms with E-state index < -0.39 is 0 Å². The molecular formula is C14H13NO. The molecule has 0 atom stereocenters. The van der Waals surface area contributed by atoms with Gasteiger partial charge in [0.15, 0.2) is 0 Å². The zero-order valence-electron chi connectivity index (χ0n) is 8.93. The Morgan fingerprint density at radius 3 is 2.62 bits per heavy atom. The summed E-state index contributed by atoms with van der Waals surface area (Å²) in [5, 5.41) is 9.53. The topological polar surface area (TPSA) is 23.5 Å². The van der Waals surface area contributed by atoms with Crippen molar-refractivity contribution in [2.75, 3.05) is 11.4 Å². The SMILES string of the molecule is Oc1ccc2c(c1)N(c1ccccc1)CC2. The smallest absolute Gasteiger partial charge is 0.117 e. The van der Waals surface area contributed by atoms with Crippen LogP contribution < -0.4 is 4.90 Å². The van der Waals surface area contributed by atoms with E-state index >= 15 is 0 Å². The molecule has 1 aliphatic rings. The van der Waals surface area contributed by atoms with Crippen LogP contribution in [0.1, 0.15) is 5.56 Å². The van der Waals surface area contributed by atoms with Crippen LogP contribution in [0.15, 0.2) is 48.5 Å². The first-order valence-corrected chi connectivity index (χ1v) is 5.49. The van der Waals surface area contributed by atoms with Gasteiger partial charge in [-0.15, -0.1) is 0 Å². The summed E-state index contributed by atoms with van der Waals surface area (Å²) in [7, 11) is 0. The maximum atomic E-state index is 9.53. The summed E-state index contributed by atoms with van der Waals surface area (Å²) in [6.07, 6.45) is 1.05. The summed E-state index contributed by atoms with van der Waals surface area (Å²) in [5.74, 6) is 0.335. The van der Waals surface area contributed by atoms with Gasteiger partial charge in [0.05, 0.1) is 0 Å². The minimum Gasteiger partial charge on any atom is -0.508 e. The molecule has 0 saturated heterocycles. The molecule has 0 saturated carbocycles. The number of phenolic OH excluding ortho intramolecular Hbond substituents is 1. The molecule has 2 aromatic carbocycles. The van der Waals surface area contributed by atoms with Crippen LogP contribution in [0.4, 0.5) is 11.4 Å². The van der Waals surface area contributed by atoms with Gasteiger partial charge < -0.3 is 10.0 Å². The molecule has 3 rings (SSSR count). The van der Waals surface area contributed by atoms with E-state index in [2.05, 4.69) is 17.0 Å². The number of hydrogen-bond acceptors (Lipinski definition) is 2. The molecular weight excluding hydrogens is 198 g/mol. The normalized spacial score (nSPS) is 13.9. The molecule has 0 amide bonds. The monoisotopic (exact) mass is 211 g/mol. The summed E-state index contributed by atoms with van der Waals surface area (Å²) < 4.78 is 0. The van der Waals surface area contributed by atoms with Gasteiger partial charge in [0.2, 0.25) is 0 Å². The number of para-hydroxylation sites is 1. The van der Waals surface area contributed by atoms with E-state index in [9.17, 15) is 5.11 Å². The van der Waals surface area contributed by atoms with Gasteiger partial charge in [0.1, 0.15) is 5.75 Å². The van der Waals surface area contributed by atoms with E-state index in [1.807, 2.05) is 30.3 Å². The van der Waals surface area contributed by atoms with Gasteiger partial charge in [0.25, 0.3) is 0 Å². The van der Waals surface area contributed by atoms with E-state index in [-0.39, 0.29) is 0 Å². The number of aromatic hydroxyl groups is 1. The van der Waals surface area contributed by atoms with Crippen LogP contribution in [0.25, 0.3) is 0 Å². The van der Waals surface area contributed by atoms with Crippen LogP contribution in [0.3, 0.4) is 0 Å². The van der Waals surface area contributed by atoms with E-state index in [4.69, 9.17) is 0 Å². The molecule has 0 unspecified atom stereocenters. The molecule has 1 aliphatic heterocycles. The summed E-state index contributed by atoms with van der Waals surface area (Å²) >= 11 is 0. The predicted octanol–water partition coefficient (Wildman–Crippen LogP) is 3.09. The third-order valence-electron chi connectivity index (χ3n) is 3.03. The molecule has 1 N–H and O–H groups in total. The van der Waals surface area contributed by atoms with E-state index in [0.29, 0.717) is 5.75 Å². The third-order valence-corrected chi connectivity index (χ3v) is 3.03. The van der Waals surface area contributed by atoms with Gasteiger partial charge in [0, 0.05) is 24.0 Å². The first kappa shape index (κ1) is 9.28. The van der Waals surface area contributed by atoms with Gasteiger partial charge in [-0.25, -0.2) is 0 Å². The molecule has 2 aromatic rings. The van der Waals surface area contributed by atoms with E-state index in [1.165, 1.54) is 11.3 Å². The fourth-order valence-corrected chi connectivity index (χ4v) is 2.24. The molecule has 16 heavy (non-hydrogen) atoms. The number of nitrogens with zero attached hydrogens (tertiary/aromatic N) is 1. The van der Waals surface area contributed by atoms with Gasteiger partial charge in [-0.05, 0) is 30.2 Å². The molecule has 0 aliphatic carbocycles. The Labute approximate surface area is 94.8 Å². The highest BCUT2D eigenvalue weighted by atomic mass is 16.3. The lowest BCUT2D eigenvalue weighted by Gasteiger charge is -2.19. The molecule has 0 fully saturated rings. The average molecular weight is 211 g/mol. The maximum Gasteiger partial charge on any atom is 0.117 e. The Morgan fingerprint density at radius 2 is 1.81 bits per heavy atom. The van der Waals surface area contributed by atoms with Crippen molar-refractivity contribution in [1.29, 1.82) is 0 Å². The van der Waals surface area contributed by atoms with Crippen LogP contribution in [-0.4, -0.2) is 11.7 Å². The highest BCUT2D eigenvalue weighted by Crippen LogP contribution is 2.36. The second kappa shape index (κ2) is 3.56. The number of fused-ring (bicyclic) bond motifs is 1. The predicted molar refractivity (Wildman–Crippen MR) is 65.3 cm³/mol. The third kappa shape index (κ3) is 1.43. The summed E-state index contributed by atoms with van der Waals surface area (Å²) in [4.78, 5) is 2.25. The van der Waals surface area contributed by atoms with Gasteiger partial charge >= 0.3 is 0 Å². The second-order valence-electron chi connectivity index (χ2n) is 4.05. The van der Waals surface area contributed by atoms with Crippen molar-refractivity contribution in [1.82, 2.24) is 0 Å². The Bertz CT molecular complexity index is 507. The number of hydrogen-bond donors (Lipinski definition) is 1. The zero-order valence-corrected chi connectivity index (χ0v) is 8.93. The molecule has 80 valence electrons. The Morgan fingerprint density at radius 1 is 1.00 bits per heavy atom. The molecule has 0 radical (unpaired) electrons. The number of phenols is 1. The Hall–Kier alpha value is -1.96. The van der Waals surface area contributed by atoms with Crippen LogP contribution >= 0.6 is 0 Å². The van der Waals surface area contributed by atoms with Crippen molar-refractivity contribution >= 4 is 11.4 Å². The van der Waals surface area contributed by atoms with E-state index in [1.54, 1.807) is 6.07 Å². The van der Waals surface area contributed by atoms with Crippen LogP contribution in [-0.2, 0) is 6.42 Å². The van der Waals surface area contributed by atoms with Crippen molar-refractivity contribution in [2.24, 2.45) is 0 Å². The van der Waals surface area contributed by atoms with Crippen molar-refractivity contribution in [3.8, 4) is 5.75 Å². The molecule has 2 nitrogen and oxygen atoms in total. The van der Waals surface area contributed by atoms with Gasteiger partial charge in [-0.2, -0.15) is 0 Å². The highest BCUT2D eigenvalue weighted by molar-refractivity contribution is 5.70. The lowest BCUT2D eigenvalue weighted by atomic mass is 10.1. The second-order valence-corrected chi connectivity index (χ2v) is 4.05. The van der Waals surface area contributed by atoms with Crippen molar-refractivity contribution in [3.63, 3.8) is 0 Å². The number of anilines is 2. The Balaban J connectivity index is 2.06. The maximum absolute atomic E-state index is 9.53. The fraction of sp³-hybridized carbons (Fsp3) is 0.143. The largest absolute Gasteiger partial charge is 0.508 e. The minimum atomic E-state index is 0.335. The number of rotatable bonds is 1. The highest BCUT2D eigenvalue weighted by Gasteiger charge is 2.20. The molecule has 0 bridgehead atoms. The summed E-state index contributed by atoms with van der Waals surface area (Å²) in [6.45, 7) is 0.989. The van der Waals surface area contributed by atoms with Crippen LogP contribution in [0.2, 0.25) is 0 Å².